The first kappa shape index (κ1) is 28.3. The number of hydrogen-bond acceptors (Lipinski definition) is 6. The fraction of sp³-hybridized carbons (Fsp3) is 0.379. The molecule has 1 N–H and O–H groups in total. The third-order valence-electron chi connectivity index (χ3n) is 6.02. The molecule has 0 saturated carbocycles. The Morgan fingerprint density at radius 1 is 0.722 bits per heavy atom. The molecule has 3 rings (SSSR count). The Morgan fingerprint density at radius 3 is 1.56 bits per heavy atom. The Kier molecular flexibility index (Phi) is 11.3. The maximum absolute atomic E-state index is 12.9. The van der Waals surface area contributed by atoms with Gasteiger partial charge in [-0.3, -0.25) is 9.46 Å². The van der Waals surface area contributed by atoms with Gasteiger partial charge >= 0.3 is 7.60 Å². The smallest absolute Gasteiger partial charge is 0.331 e. The van der Waals surface area contributed by atoms with Crippen molar-refractivity contribution in [2.45, 2.75) is 19.4 Å². The number of rotatable bonds is 16. The summed E-state index contributed by atoms with van der Waals surface area (Å²) in [5.41, 5.74) is 2.30. The molecule has 0 radical (unpaired) electrons. The number of aliphatic hydroxyl groups is 1. The van der Waals surface area contributed by atoms with Gasteiger partial charge in [-0.15, -0.1) is 0 Å². The third-order valence-corrected chi connectivity index (χ3v) is 8.08. The fourth-order valence-electron chi connectivity index (χ4n) is 4.40. The molecule has 7 heteroatoms. The van der Waals surface area contributed by atoms with E-state index in [0.717, 1.165) is 16.7 Å². The van der Waals surface area contributed by atoms with Gasteiger partial charge in [-0.25, -0.2) is 0 Å². The average Bonchev–Trinajstić information content (AvgIpc) is 2.92. The van der Waals surface area contributed by atoms with Crippen LogP contribution in [0.25, 0.3) is 0 Å². The van der Waals surface area contributed by atoms with Crippen LogP contribution in [-0.4, -0.2) is 62.2 Å². The van der Waals surface area contributed by atoms with Gasteiger partial charge in [0.1, 0.15) is 5.60 Å². The molecule has 0 amide bonds. The molecule has 0 heterocycles. The molecule has 6 nitrogen and oxygen atoms in total. The van der Waals surface area contributed by atoms with E-state index in [0.29, 0.717) is 39.5 Å². The lowest BCUT2D eigenvalue weighted by Crippen LogP contribution is -2.38. The van der Waals surface area contributed by atoms with Crippen LogP contribution < -0.4 is 0 Å². The van der Waals surface area contributed by atoms with Crippen molar-refractivity contribution in [3.05, 3.63) is 108 Å². The molecule has 0 aliphatic carbocycles. The van der Waals surface area contributed by atoms with Gasteiger partial charge in [0.05, 0.1) is 32.6 Å². The van der Waals surface area contributed by atoms with Gasteiger partial charge in [-0.2, -0.15) is 0 Å². The molecule has 0 bridgehead atoms. The summed E-state index contributed by atoms with van der Waals surface area (Å²) >= 11 is 0. The SMILES string of the molecule is CCOP(=O)(CCN(CCO)CCOC(c1ccccc1)(c1ccccc1)c1ccccc1)OCC. The summed E-state index contributed by atoms with van der Waals surface area (Å²) in [5.74, 6) is 0. The van der Waals surface area contributed by atoms with Crippen molar-refractivity contribution in [1.82, 2.24) is 4.90 Å². The van der Waals surface area contributed by atoms with Crippen LogP contribution in [0.5, 0.6) is 0 Å². The van der Waals surface area contributed by atoms with E-state index < -0.39 is 13.2 Å². The van der Waals surface area contributed by atoms with Crippen LogP contribution in [0.3, 0.4) is 0 Å². The molecule has 3 aromatic carbocycles. The van der Waals surface area contributed by atoms with Gasteiger partial charge in [0, 0.05) is 19.6 Å². The predicted molar refractivity (Wildman–Crippen MR) is 144 cm³/mol. The second-order valence-electron chi connectivity index (χ2n) is 8.36. The van der Waals surface area contributed by atoms with E-state index in [1.165, 1.54) is 0 Å². The zero-order valence-electron chi connectivity index (χ0n) is 21.3. The summed E-state index contributed by atoms with van der Waals surface area (Å²) in [4.78, 5) is 2.04. The predicted octanol–water partition coefficient (Wildman–Crippen LogP) is 5.56. The first-order valence-corrected chi connectivity index (χ1v) is 14.3. The molecule has 0 atom stereocenters. The minimum Gasteiger partial charge on any atom is -0.395 e. The van der Waals surface area contributed by atoms with Gasteiger partial charge in [0.25, 0.3) is 0 Å². The quantitative estimate of drug-likeness (QED) is 0.201. The second kappa shape index (κ2) is 14.4. The zero-order valence-corrected chi connectivity index (χ0v) is 22.2. The molecular weight excluding hydrogens is 473 g/mol. The normalized spacial score (nSPS) is 12.2. The van der Waals surface area contributed by atoms with E-state index in [4.69, 9.17) is 13.8 Å². The lowest BCUT2D eigenvalue weighted by Gasteiger charge is -2.36. The topological polar surface area (TPSA) is 68.2 Å². The van der Waals surface area contributed by atoms with Gasteiger partial charge in [-0.1, -0.05) is 91.0 Å². The monoisotopic (exact) mass is 511 g/mol. The molecule has 0 fully saturated rings. The van der Waals surface area contributed by atoms with Crippen molar-refractivity contribution < 1.29 is 23.5 Å². The van der Waals surface area contributed by atoms with E-state index in [1.807, 2.05) is 59.5 Å². The molecule has 36 heavy (non-hydrogen) atoms. The van der Waals surface area contributed by atoms with E-state index in [1.54, 1.807) is 13.8 Å². The standard InChI is InChI=1S/C29H38NO5P/c1-3-34-36(32,35-4-2)25-22-30(20-23-31)21-24-33-29(26-14-8-5-9-15-26,27-16-10-6-11-17-27)28-18-12-7-13-19-28/h5-19,31H,3-4,20-25H2,1-2H3. The van der Waals surface area contributed by atoms with E-state index in [-0.39, 0.29) is 12.8 Å². The highest BCUT2D eigenvalue weighted by Crippen LogP contribution is 2.47. The molecule has 0 unspecified atom stereocenters. The largest absolute Gasteiger partial charge is 0.395 e. The summed E-state index contributed by atoms with van der Waals surface area (Å²) in [7, 11) is -3.17. The summed E-state index contributed by atoms with van der Waals surface area (Å²) < 4.78 is 30.7. The maximum atomic E-state index is 12.9. The number of aliphatic hydroxyl groups excluding tert-OH is 1. The van der Waals surface area contributed by atoms with Crippen molar-refractivity contribution in [2.75, 3.05) is 52.2 Å². The first-order valence-electron chi connectivity index (χ1n) is 12.6. The van der Waals surface area contributed by atoms with Gasteiger partial charge in [0.2, 0.25) is 0 Å². The Morgan fingerprint density at radius 2 is 1.17 bits per heavy atom. The molecular formula is C29H38NO5P. The number of benzene rings is 3. The lowest BCUT2D eigenvalue weighted by molar-refractivity contribution is -0.0000304. The maximum Gasteiger partial charge on any atom is 0.331 e. The average molecular weight is 512 g/mol. The van der Waals surface area contributed by atoms with E-state index in [9.17, 15) is 9.67 Å². The van der Waals surface area contributed by atoms with Crippen LogP contribution in [-0.2, 0) is 24.0 Å². The highest BCUT2D eigenvalue weighted by Gasteiger charge is 2.37. The van der Waals surface area contributed by atoms with Gasteiger partial charge in [0.15, 0.2) is 0 Å². The summed E-state index contributed by atoms with van der Waals surface area (Å²) in [6.07, 6.45) is 0.260. The van der Waals surface area contributed by atoms with Gasteiger partial charge < -0.3 is 18.9 Å². The molecule has 0 aliphatic heterocycles. The van der Waals surface area contributed by atoms with Crippen LogP contribution >= 0.6 is 7.60 Å². The fourth-order valence-corrected chi connectivity index (χ4v) is 6.04. The molecule has 0 aromatic heterocycles. The number of hydrogen-bond donors (Lipinski definition) is 1. The Bertz CT molecular complexity index is 942. The van der Waals surface area contributed by atoms with Crippen molar-refractivity contribution in [2.24, 2.45) is 0 Å². The third kappa shape index (κ3) is 7.36. The van der Waals surface area contributed by atoms with Gasteiger partial charge in [-0.05, 0) is 30.5 Å². The molecule has 0 spiro atoms. The summed E-state index contributed by atoms with van der Waals surface area (Å²) in [6, 6.07) is 30.7. The number of ether oxygens (including phenoxy) is 1. The Hall–Kier alpha value is -2.31. The van der Waals surface area contributed by atoms with Crippen molar-refractivity contribution in [3.8, 4) is 0 Å². The van der Waals surface area contributed by atoms with Crippen LogP contribution in [0.4, 0.5) is 0 Å². The summed E-state index contributed by atoms with van der Waals surface area (Å²) in [6.45, 7) is 6.12. The molecule has 3 aromatic rings. The molecule has 0 saturated heterocycles. The van der Waals surface area contributed by atoms with Crippen molar-refractivity contribution in [3.63, 3.8) is 0 Å². The van der Waals surface area contributed by atoms with E-state index in [2.05, 4.69) is 36.4 Å². The Balaban J connectivity index is 1.86. The highest BCUT2D eigenvalue weighted by molar-refractivity contribution is 7.53. The first-order chi connectivity index (χ1) is 17.6. The van der Waals surface area contributed by atoms with Crippen LogP contribution in [0.1, 0.15) is 30.5 Å². The minimum atomic E-state index is -3.17. The zero-order chi connectivity index (χ0) is 25.7. The molecule has 194 valence electrons. The minimum absolute atomic E-state index is 0.00519. The van der Waals surface area contributed by atoms with Crippen LogP contribution in [0.15, 0.2) is 91.0 Å². The summed E-state index contributed by atoms with van der Waals surface area (Å²) in [5, 5.41) is 9.65. The molecule has 0 aliphatic rings. The van der Waals surface area contributed by atoms with Crippen molar-refractivity contribution in [1.29, 1.82) is 0 Å². The van der Waals surface area contributed by atoms with Crippen molar-refractivity contribution >= 4 is 7.60 Å². The van der Waals surface area contributed by atoms with Crippen LogP contribution in [0.2, 0.25) is 0 Å². The van der Waals surface area contributed by atoms with Crippen LogP contribution in [0, 0.1) is 0 Å². The number of nitrogens with zero attached hydrogens (tertiary/aromatic N) is 1. The lowest BCUT2D eigenvalue weighted by atomic mass is 9.80. The van der Waals surface area contributed by atoms with E-state index >= 15 is 0 Å². The second-order valence-corrected chi connectivity index (χ2v) is 10.5. The highest BCUT2D eigenvalue weighted by atomic mass is 31.2. The Labute approximate surface area is 215 Å².